The highest BCUT2D eigenvalue weighted by molar-refractivity contribution is 5.85. The standard InChI is InChI=1S/C19H30N2O2.ClH/c1-20-14-6-7-18(22)21-15-19(12-4-3-5-13-19)16-8-10-17(23-2)11-9-16;/h8-11,20H,3-7,12-15H2,1-2H3,(H,21,22);1H. The van der Waals surface area contributed by atoms with Gasteiger partial charge in [0.05, 0.1) is 7.11 Å². The summed E-state index contributed by atoms with van der Waals surface area (Å²) < 4.78 is 5.27. The quantitative estimate of drug-likeness (QED) is 0.703. The fourth-order valence-corrected chi connectivity index (χ4v) is 3.52. The van der Waals surface area contributed by atoms with Gasteiger partial charge in [0, 0.05) is 18.4 Å². The van der Waals surface area contributed by atoms with E-state index in [1.54, 1.807) is 7.11 Å². The van der Waals surface area contributed by atoms with E-state index in [-0.39, 0.29) is 23.7 Å². The molecule has 1 saturated carbocycles. The van der Waals surface area contributed by atoms with Crippen LogP contribution in [0, 0.1) is 0 Å². The maximum atomic E-state index is 12.1. The highest BCUT2D eigenvalue weighted by Crippen LogP contribution is 2.39. The molecule has 24 heavy (non-hydrogen) atoms. The first-order chi connectivity index (χ1) is 11.2. The topological polar surface area (TPSA) is 50.4 Å². The minimum absolute atomic E-state index is 0. The molecule has 0 bridgehead atoms. The number of rotatable bonds is 8. The van der Waals surface area contributed by atoms with E-state index in [0.717, 1.165) is 38.1 Å². The summed E-state index contributed by atoms with van der Waals surface area (Å²) in [7, 11) is 3.61. The summed E-state index contributed by atoms with van der Waals surface area (Å²) >= 11 is 0. The fourth-order valence-electron chi connectivity index (χ4n) is 3.52. The lowest BCUT2D eigenvalue weighted by molar-refractivity contribution is -0.121. The van der Waals surface area contributed by atoms with Crippen molar-refractivity contribution in [2.75, 3.05) is 27.2 Å². The predicted molar refractivity (Wildman–Crippen MR) is 101 cm³/mol. The highest BCUT2D eigenvalue weighted by Gasteiger charge is 2.34. The second-order valence-corrected chi connectivity index (χ2v) is 6.55. The summed E-state index contributed by atoms with van der Waals surface area (Å²) in [6, 6.07) is 8.38. The van der Waals surface area contributed by atoms with Gasteiger partial charge in [0.15, 0.2) is 0 Å². The van der Waals surface area contributed by atoms with Crippen LogP contribution < -0.4 is 15.4 Å². The van der Waals surface area contributed by atoms with Crippen molar-refractivity contribution in [3.8, 4) is 5.75 Å². The number of carbonyl (C=O) groups is 1. The largest absolute Gasteiger partial charge is 0.497 e. The van der Waals surface area contributed by atoms with Crippen LogP contribution in [-0.2, 0) is 10.2 Å². The summed E-state index contributed by atoms with van der Waals surface area (Å²) in [5, 5.41) is 6.26. The third-order valence-electron chi connectivity index (χ3n) is 4.97. The first kappa shape index (κ1) is 20.8. The van der Waals surface area contributed by atoms with E-state index in [9.17, 15) is 4.79 Å². The van der Waals surface area contributed by atoms with Gasteiger partial charge < -0.3 is 15.4 Å². The maximum Gasteiger partial charge on any atom is 0.220 e. The number of ether oxygens (including phenoxy) is 1. The SMILES string of the molecule is CNCCCC(=O)NCC1(c2ccc(OC)cc2)CCCCC1.Cl. The van der Waals surface area contributed by atoms with Crippen molar-refractivity contribution < 1.29 is 9.53 Å². The molecule has 5 heteroatoms. The zero-order valence-corrected chi connectivity index (χ0v) is 15.7. The molecular weight excluding hydrogens is 324 g/mol. The Labute approximate surface area is 152 Å². The molecule has 1 fully saturated rings. The van der Waals surface area contributed by atoms with Crippen molar-refractivity contribution in [2.45, 2.75) is 50.4 Å². The predicted octanol–water partition coefficient (Wildman–Crippen LogP) is 3.43. The van der Waals surface area contributed by atoms with Crippen LogP contribution in [0.2, 0.25) is 0 Å². The Morgan fingerprint density at radius 2 is 1.83 bits per heavy atom. The zero-order valence-electron chi connectivity index (χ0n) is 14.9. The van der Waals surface area contributed by atoms with E-state index < -0.39 is 0 Å². The third kappa shape index (κ3) is 5.67. The number of amides is 1. The lowest BCUT2D eigenvalue weighted by Gasteiger charge is -2.38. The smallest absolute Gasteiger partial charge is 0.220 e. The van der Waals surface area contributed by atoms with Crippen LogP contribution in [0.1, 0.15) is 50.5 Å². The molecule has 0 saturated heterocycles. The van der Waals surface area contributed by atoms with E-state index in [2.05, 4.69) is 22.8 Å². The number of hydrogen-bond acceptors (Lipinski definition) is 3. The lowest BCUT2D eigenvalue weighted by atomic mass is 9.69. The molecule has 2 rings (SSSR count). The van der Waals surface area contributed by atoms with Crippen molar-refractivity contribution in [3.05, 3.63) is 29.8 Å². The van der Waals surface area contributed by atoms with E-state index in [0.29, 0.717) is 6.42 Å². The molecule has 2 N–H and O–H groups in total. The minimum atomic E-state index is 0. The maximum absolute atomic E-state index is 12.1. The Morgan fingerprint density at radius 3 is 2.42 bits per heavy atom. The highest BCUT2D eigenvalue weighted by atomic mass is 35.5. The molecule has 136 valence electrons. The molecule has 0 unspecified atom stereocenters. The van der Waals surface area contributed by atoms with Crippen LogP contribution in [0.25, 0.3) is 0 Å². The molecule has 1 aromatic carbocycles. The van der Waals surface area contributed by atoms with Gasteiger partial charge in [0.1, 0.15) is 5.75 Å². The Bertz CT molecular complexity index is 485. The molecule has 0 heterocycles. The average molecular weight is 355 g/mol. The van der Waals surface area contributed by atoms with E-state index in [1.807, 2.05) is 19.2 Å². The van der Waals surface area contributed by atoms with Crippen molar-refractivity contribution in [1.29, 1.82) is 0 Å². The molecule has 0 spiro atoms. The van der Waals surface area contributed by atoms with Crippen molar-refractivity contribution >= 4 is 18.3 Å². The Kier molecular flexibility index (Phi) is 9.16. The third-order valence-corrected chi connectivity index (χ3v) is 4.97. The first-order valence-corrected chi connectivity index (χ1v) is 8.76. The molecule has 1 aliphatic rings. The van der Waals surface area contributed by atoms with Crippen molar-refractivity contribution in [3.63, 3.8) is 0 Å². The Balaban J connectivity index is 0.00000288. The van der Waals surface area contributed by atoms with E-state index >= 15 is 0 Å². The van der Waals surface area contributed by atoms with Crippen LogP contribution in [0.15, 0.2) is 24.3 Å². The van der Waals surface area contributed by atoms with Gasteiger partial charge in [-0.1, -0.05) is 31.4 Å². The molecule has 0 atom stereocenters. The van der Waals surface area contributed by atoms with Crippen molar-refractivity contribution in [2.24, 2.45) is 0 Å². The number of benzene rings is 1. The first-order valence-electron chi connectivity index (χ1n) is 8.76. The minimum Gasteiger partial charge on any atom is -0.497 e. The van der Waals surface area contributed by atoms with Crippen LogP contribution in [0.4, 0.5) is 0 Å². The van der Waals surface area contributed by atoms with Gasteiger partial charge in [-0.3, -0.25) is 4.79 Å². The molecule has 1 aromatic rings. The van der Waals surface area contributed by atoms with Gasteiger partial charge in [-0.05, 0) is 50.6 Å². The zero-order chi connectivity index (χ0) is 16.5. The van der Waals surface area contributed by atoms with E-state index in [4.69, 9.17) is 4.74 Å². The number of methoxy groups -OCH3 is 1. The van der Waals surface area contributed by atoms with Crippen LogP contribution in [0.3, 0.4) is 0 Å². The van der Waals surface area contributed by atoms with Crippen LogP contribution >= 0.6 is 12.4 Å². The second kappa shape index (κ2) is 10.6. The fraction of sp³-hybridized carbons (Fsp3) is 0.632. The Hall–Kier alpha value is -1.26. The monoisotopic (exact) mass is 354 g/mol. The Morgan fingerprint density at radius 1 is 1.17 bits per heavy atom. The molecular formula is C19H31ClN2O2. The summed E-state index contributed by atoms with van der Waals surface area (Å²) in [4.78, 5) is 12.1. The summed E-state index contributed by atoms with van der Waals surface area (Å²) in [6.45, 7) is 1.63. The van der Waals surface area contributed by atoms with Gasteiger partial charge in [-0.15, -0.1) is 12.4 Å². The van der Waals surface area contributed by atoms with Gasteiger partial charge in [-0.2, -0.15) is 0 Å². The number of nitrogens with one attached hydrogen (secondary N) is 2. The van der Waals surface area contributed by atoms with Gasteiger partial charge in [-0.25, -0.2) is 0 Å². The van der Waals surface area contributed by atoms with Crippen LogP contribution in [-0.4, -0.2) is 33.2 Å². The molecule has 4 nitrogen and oxygen atoms in total. The van der Waals surface area contributed by atoms with Crippen molar-refractivity contribution in [1.82, 2.24) is 10.6 Å². The van der Waals surface area contributed by atoms with Gasteiger partial charge in [0.2, 0.25) is 5.91 Å². The number of halogens is 1. The summed E-state index contributed by atoms with van der Waals surface area (Å²) in [6.07, 6.45) is 7.56. The van der Waals surface area contributed by atoms with E-state index in [1.165, 1.54) is 24.8 Å². The molecule has 0 aliphatic heterocycles. The summed E-state index contributed by atoms with van der Waals surface area (Å²) in [5.74, 6) is 1.05. The average Bonchev–Trinajstić information content (AvgIpc) is 2.61. The number of hydrogen-bond donors (Lipinski definition) is 2. The summed E-state index contributed by atoms with van der Waals surface area (Å²) in [5.41, 5.74) is 1.41. The normalized spacial score (nSPS) is 16.1. The van der Waals surface area contributed by atoms with Crippen LogP contribution in [0.5, 0.6) is 5.75 Å². The number of carbonyl (C=O) groups excluding carboxylic acids is 1. The second-order valence-electron chi connectivity index (χ2n) is 6.55. The van der Waals surface area contributed by atoms with Gasteiger partial charge >= 0.3 is 0 Å². The molecule has 1 amide bonds. The molecule has 0 radical (unpaired) electrons. The molecule has 1 aliphatic carbocycles. The molecule has 0 aromatic heterocycles. The lowest BCUT2D eigenvalue weighted by Crippen LogP contribution is -2.42. The van der Waals surface area contributed by atoms with Gasteiger partial charge in [0.25, 0.3) is 0 Å².